The van der Waals surface area contributed by atoms with Gasteiger partial charge in [-0.2, -0.15) is 0 Å². The third kappa shape index (κ3) is 5.61. The number of rotatable bonds is 8. The molecule has 0 aromatic heterocycles. The van der Waals surface area contributed by atoms with E-state index >= 15 is 0 Å². The van der Waals surface area contributed by atoms with Gasteiger partial charge in [0.2, 0.25) is 0 Å². The van der Waals surface area contributed by atoms with Gasteiger partial charge in [-0.3, -0.25) is 9.59 Å². The average molecular weight is 369 g/mol. The Bertz CT molecular complexity index is 649. The zero-order valence-electron chi connectivity index (χ0n) is 16.3. The van der Waals surface area contributed by atoms with Gasteiger partial charge >= 0.3 is 19.4 Å². The second-order valence-electron chi connectivity index (χ2n) is 7.63. The maximum Gasteiger partial charge on any atom is 0.343 e. The van der Waals surface area contributed by atoms with Crippen LogP contribution in [0.1, 0.15) is 58.4 Å². The van der Waals surface area contributed by atoms with Crippen molar-refractivity contribution in [2.75, 3.05) is 0 Å². The van der Waals surface area contributed by atoms with Crippen LogP contribution < -0.4 is 0 Å². The normalized spacial score (nSPS) is 24.3. The molecule has 1 aromatic rings. The molecule has 143 valence electrons. The van der Waals surface area contributed by atoms with E-state index in [0.717, 1.165) is 18.4 Å². The summed E-state index contributed by atoms with van der Waals surface area (Å²) in [5.41, 5.74) is -1.27. The molecule has 1 aliphatic rings. The van der Waals surface area contributed by atoms with Crippen LogP contribution in [0.4, 0.5) is 0 Å². The zero-order valence-corrected chi connectivity index (χ0v) is 16.3. The number of ether oxygens (including phenoxy) is 1. The molecular weight excluding hydrogens is 342 g/mol. The number of carboxylic acids is 1. The SMILES string of the molecule is [B]C(C)(O[B]C(C)(CC)OC(=O)C1CCCCC1C(=O)O)c1ccccc1. The average Bonchev–Trinajstić information content (AvgIpc) is 2.67. The zero-order chi connectivity index (χ0) is 20.1. The van der Waals surface area contributed by atoms with E-state index in [-0.39, 0.29) is 0 Å². The Morgan fingerprint density at radius 3 is 2.33 bits per heavy atom. The number of carbonyl (C=O) groups excluding carboxylic acids is 1. The molecule has 0 heterocycles. The third-order valence-electron chi connectivity index (χ3n) is 5.32. The molecule has 0 spiro atoms. The van der Waals surface area contributed by atoms with Crippen molar-refractivity contribution in [1.82, 2.24) is 0 Å². The van der Waals surface area contributed by atoms with Crippen molar-refractivity contribution in [3.05, 3.63) is 35.9 Å². The molecule has 1 fully saturated rings. The Kier molecular flexibility index (Phi) is 7.15. The van der Waals surface area contributed by atoms with E-state index in [2.05, 4.69) is 0 Å². The molecule has 7 heteroatoms. The number of carbonyl (C=O) groups is 2. The molecule has 1 aromatic carbocycles. The minimum Gasteiger partial charge on any atom is -0.481 e. The molecule has 1 saturated carbocycles. The van der Waals surface area contributed by atoms with Crippen LogP contribution in [0.3, 0.4) is 0 Å². The van der Waals surface area contributed by atoms with Crippen LogP contribution in [0.5, 0.6) is 0 Å². The Morgan fingerprint density at radius 1 is 1.19 bits per heavy atom. The summed E-state index contributed by atoms with van der Waals surface area (Å²) >= 11 is 0. The first-order valence-corrected chi connectivity index (χ1v) is 9.51. The Labute approximate surface area is 163 Å². The van der Waals surface area contributed by atoms with Crippen molar-refractivity contribution in [3.63, 3.8) is 0 Å². The van der Waals surface area contributed by atoms with Crippen molar-refractivity contribution in [2.24, 2.45) is 11.8 Å². The summed E-state index contributed by atoms with van der Waals surface area (Å²) in [5, 5.41) is 9.39. The number of esters is 1. The first-order valence-electron chi connectivity index (χ1n) is 9.51. The molecular formula is C20H27B2O5. The molecule has 1 N–H and O–H groups in total. The van der Waals surface area contributed by atoms with Gasteiger partial charge in [0.25, 0.3) is 0 Å². The lowest BCUT2D eigenvalue weighted by Gasteiger charge is -2.35. The second-order valence-corrected chi connectivity index (χ2v) is 7.63. The minimum absolute atomic E-state index is 0.480. The van der Waals surface area contributed by atoms with Gasteiger partial charge in [-0.15, -0.1) is 0 Å². The van der Waals surface area contributed by atoms with Crippen molar-refractivity contribution < 1.29 is 24.1 Å². The van der Waals surface area contributed by atoms with Gasteiger partial charge in [0.15, 0.2) is 0 Å². The molecule has 0 amide bonds. The van der Waals surface area contributed by atoms with E-state index in [1.54, 1.807) is 13.8 Å². The lowest BCUT2D eigenvalue weighted by molar-refractivity contribution is -0.166. The lowest BCUT2D eigenvalue weighted by Crippen LogP contribution is -2.45. The molecule has 3 radical (unpaired) electrons. The standard InChI is InChI=1S/C20H27B2O5/c1-4-19(2,22-27-20(3,21)14-10-6-5-7-11-14)26-18(25)16-13-9-8-12-15(16)17(23)24/h5-7,10-11,15-16H,4,8-9,12-13H2,1-3H3,(H,23,24). The van der Waals surface area contributed by atoms with Gasteiger partial charge in [0.1, 0.15) is 13.3 Å². The van der Waals surface area contributed by atoms with Crippen LogP contribution in [-0.4, -0.2) is 37.9 Å². The van der Waals surface area contributed by atoms with Crippen molar-refractivity contribution >= 4 is 27.3 Å². The largest absolute Gasteiger partial charge is 0.481 e. The predicted molar refractivity (Wildman–Crippen MR) is 104 cm³/mol. The van der Waals surface area contributed by atoms with Crippen molar-refractivity contribution in [1.29, 1.82) is 0 Å². The molecule has 27 heavy (non-hydrogen) atoms. The van der Waals surface area contributed by atoms with Gasteiger partial charge in [0.05, 0.1) is 11.8 Å². The number of hydrogen-bond acceptors (Lipinski definition) is 4. The maximum absolute atomic E-state index is 12.7. The van der Waals surface area contributed by atoms with Gasteiger partial charge in [-0.25, -0.2) is 0 Å². The summed E-state index contributed by atoms with van der Waals surface area (Å²) in [4.78, 5) is 24.2. The highest BCUT2D eigenvalue weighted by Crippen LogP contribution is 2.33. The Hall–Kier alpha value is -1.75. The Morgan fingerprint density at radius 2 is 1.78 bits per heavy atom. The third-order valence-corrected chi connectivity index (χ3v) is 5.32. The number of aliphatic carboxylic acids is 1. The summed E-state index contributed by atoms with van der Waals surface area (Å²) in [6.07, 6.45) is 3.18. The summed E-state index contributed by atoms with van der Waals surface area (Å²) in [7, 11) is 7.72. The smallest absolute Gasteiger partial charge is 0.343 e. The van der Waals surface area contributed by atoms with E-state index in [0.29, 0.717) is 19.3 Å². The molecule has 4 atom stereocenters. The first kappa shape index (κ1) is 21.5. The molecule has 0 aliphatic heterocycles. The van der Waals surface area contributed by atoms with E-state index in [1.165, 1.54) is 7.48 Å². The fourth-order valence-electron chi connectivity index (χ4n) is 3.28. The van der Waals surface area contributed by atoms with Crippen LogP contribution >= 0.6 is 0 Å². The second kappa shape index (κ2) is 8.96. The minimum atomic E-state index is -1.07. The fourth-order valence-corrected chi connectivity index (χ4v) is 3.28. The van der Waals surface area contributed by atoms with Crippen LogP contribution in [0.2, 0.25) is 0 Å². The van der Waals surface area contributed by atoms with E-state index in [1.807, 2.05) is 37.3 Å². The quantitative estimate of drug-likeness (QED) is 0.563. The molecule has 4 unspecified atom stereocenters. The molecule has 1 aliphatic carbocycles. The number of hydrogen-bond donors (Lipinski definition) is 1. The van der Waals surface area contributed by atoms with Crippen molar-refractivity contribution in [2.45, 2.75) is 63.9 Å². The van der Waals surface area contributed by atoms with Gasteiger partial charge in [0, 0.05) is 5.50 Å². The predicted octanol–water partition coefficient (Wildman–Crippen LogP) is 3.22. The molecule has 0 saturated heterocycles. The lowest BCUT2D eigenvalue weighted by atomic mass is 9.69. The van der Waals surface area contributed by atoms with E-state index < -0.39 is 34.8 Å². The highest BCUT2D eigenvalue weighted by molar-refractivity contribution is 6.33. The van der Waals surface area contributed by atoms with E-state index in [9.17, 15) is 14.7 Å². The van der Waals surface area contributed by atoms with Gasteiger partial charge < -0.3 is 14.5 Å². The van der Waals surface area contributed by atoms with Crippen LogP contribution in [0.15, 0.2) is 30.3 Å². The topological polar surface area (TPSA) is 72.8 Å². The van der Waals surface area contributed by atoms with Crippen LogP contribution in [0.25, 0.3) is 0 Å². The summed E-state index contributed by atoms with van der Waals surface area (Å²) in [6.45, 7) is 5.35. The number of benzene rings is 1. The maximum atomic E-state index is 12.7. The summed E-state index contributed by atoms with van der Waals surface area (Å²) in [6, 6.07) is 9.37. The fraction of sp³-hybridized carbons (Fsp3) is 0.600. The highest BCUT2D eigenvalue weighted by Gasteiger charge is 2.41. The first-order chi connectivity index (χ1) is 12.7. The van der Waals surface area contributed by atoms with Crippen LogP contribution in [-0.2, 0) is 24.5 Å². The molecule has 2 rings (SSSR count). The number of carboxylic acid groups (broad SMARTS) is 1. The summed E-state index contributed by atoms with van der Waals surface area (Å²) < 4.78 is 11.5. The molecule has 5 nitrogen and oxygen atoms in total. The Balaban J connectivity index is 2.03. The van der Waals surface area contributed by atoms with Gasteiger partial charge in [-0.1, -0.05) is 50.1 Å². The van der Waals surface area contributed by atoms with Crippen molar-refractivity contribution in [3.8, 4) is 0 Å². The highest BCUT2D eigenvalue weighted by atomic mass is 16.6. The summed E-state index contributed by atoms with van der Waals surface area (Å²) in [5.74, 6) is -2.72. The van der Waals surface area contributed by atoms with Crippen LogP contribution in [0, 0.1) is 11.8 Å². The molecule has 0 bridgehead atoms. The monoisotopic (exact) mass is 369 g/mol. The van der Waals surface area contributed by atoms with E-state index in [4.69, 9.17) is 17.2 Å². The van der Waals surface area contributed by atoms with Gasteiger partial charge in [-0.05, 0) is 38.7 Å².